The fourth-order valence-corrected chi connectivity index (χ4v) is 2.10. The van der Waals surface area contributed by atoms with Crippen LogP contribution in [-0.4, -0.2) is 36.8 Å². The summed E-state index contributed by atoms with van der Waals surface area (Å²) >= 11 is 0. The molecule has 0 aliphatic carbocycles. The number of anilines is 4. The van der Waals surface area contributed by atoms with E-state index in [1.54, 1.807) is 13.2 Å². The summed E-state index contributed by atoms with van der Waals surface area (Å²) in [6, 6.07) is 9.88. The standard InChI is InChI=1S/C16H24N6O/c1-4-22(9-10-23-3)16-19-14(11-15(20-16)21-17)18-13-7-5-12(2)6-8-13/h5-8,11H,4,9-10,17H2,1-3H3,(H2,18,19,20,21). The number of hydrazine groups is 1. The minimum Gasteiger partial charge on any atom is -0.383 e. The molecule has 0 atom stereocenters. The Balaban J connectivity index is 2.25. The number of nitrogens with zero attached hydrogens (tertiary/aromatic N) is 3. The van der Waals surface area contributed by atoms with E-state index in [1.165, 1.54) is 5.56 Å². The lowest BCUT2D eigenvalue weighted by Gasteiger charge is -2.21. The molecule has 0 spiro atoms. The second-order valence-corrected chi connectivity index (χ2v) is 5.15. The first-order chi connectivity index (χ1) is 11.2. The largest absolute Gasteiger partial charge is 0.383 e. The molecule has 0 bridgehead atoms. The number of hydrogen-bond acceptors (Lipinski definition) is 7. The van der Waals surface area contributed by atoms with Crippen molar-refractivity contribution in [1.82, 2.24) is 9.97 Å². The zero-order valence-corrected chi connectivity index (χ0v) is 13.8. The highest BCUT2D eigenvalue weighted by molar-refractivity contribution is 5.61. The second-order valence-electron chi connectivity index (χ2n) is 5.15. The molecule has 0 saturated heterocycles. The molecule has 0 radical (unpaired) electrons. The van der Waals surface area contributed by atoms with E-state index in [0.29, 0.717) is 30.7 Å². The quantitative estimate of drug-likeness (QED) is 0.508. The fraction of sp³-hybridized carbons (Fsp3) is 0.375. The molecule has 4 N–H and O–H groups in total. The first kappa shape index (κ1) is 17.0. The maximum atomic E-state index is 5.53. The van der Waals surface area contributed by atoms with Crippen molar-refractivity contribution in [3.63, 3.8) is 0 Å². The number of aryl methyl sites for hydroxylation is 1. The van der Waals surface area contributed by atoms with Gasteiger partial charge in [-0.1, -0.05) is 17.7 Å². The summed E-state index contributed by atoms with van der Waals surface area (Å²) in [6.07, 6.45) is 0. The molecule has 0 fully saturated rings. The summed E-state index contributed by atoms with van der Waals surface area (Å²) in [4.78, 5) is 11.0. The molecule has 7 heteroatoms. The number of aromatic nitrogens is 2. The van der Waals surface area contributed by atoms with Gasteiger partial charge in [-0.05, 0) is 26.0 Å². The normalized spacial score (nSPS) is 10.4. The zero-order valence-electron chi connectivity index (χ0n) is 13.8. The van der Waals surface area contributed by atoms with E-state index in [9.17, 15) is 0 Å². The van der Waals surface area contributed by atoms with Crippen molar-refractivity contribution < 1.29 is 4.74 Å². The molecule has 23 heavy (non-hydrogen) atoms. The molecule has 0 amide bonds. The lowest BCUT2D eigenvalue weighted by molar-refractivity contribution is 0.205. The number of rotatable bonds is 8. The van der Waals surface area contributed by atoms with Gasteiger partial charge in [0.2, 0.25) is 5.95 Å². The number of ether oxygens (including phenoxy) is 1. The van der Waals surface area contributed by atoms with Gasteiger partial charge < -0.3 is 20.4 Å². The summed E-state index contributed by atoms with van der Waals surface area (Å²) < 4.78 is 5.14. The summed E-state index contributed by atoms with van der Waals surface area (Å²) in [5, 5.41) is 3.28. The van der Waals surface area contributed by atoms with Gasteiger partial charge in [0.25, 0.3) is 0 Å². The Morgan fingerprint density at radius 1 is 1.17 bits per heavy atom. The highest BCUT2D eigenvalue weighted by Crippen LogP contribution is 2.20. The van der Waals surface area contributed by atoms with Gasteiger partial charge in [0.1, 0.15) is 11.6 Å². The van der Waals surface area contributed by atoms with Crippen LogP contribution in [0, 0.1) is 6.92 Å². The first-order valence-electron chi connectivity index (χ1n) is 7.59. The van der Waals surface area contributed by atoms with Crippen LogP contribution in [0.5, 0.6) is 0 Å². The molecule has 0 unspecified atom stereocenters. The second kappa shape index (κ2) is 8.30. The predicted molar refractivity (Wildman–Crippen MR) is 94.1 cm³/mol. The van der Waals surface area contributed by atoms with Crippen LogP contribution in [0.25, 0.3) is 0 Å². The minimum absolute atomic E-state index is 0.556. The lowest BCUT2D eigenvalue weighted by atomic mass is 10.2. The molecule has 2 rings (SSSR count). The monoisotopic (exact) mass is 316 g/mol. The van der Waals surface area contributed by atoms with Gasteiger partial charge in [-0.2, -0.15) is 9.97 Å². The van der Waals surface area contributed by atoms with Crippen LogP contribution in [0.15, 0.2) is 30.3 Å². The van der Waals surface area contributed by atoms with E-state index in [0.717, 1.165) is 12.2 Å². The van der Waals surface area contributed by atoms with Gasteiger partial charge in [0, 0.05) is 32.0 Å². The predicted octanol–water partition coefficient (Wildman–Crippen LogP) is 2.29. The molecular weight excluding hydrogens is 292 g/mol. The van der Waals surface area contributed by atoms with E-state index < -0.39 is 0 Å². The fourth-order valence-electron chi connectivity index (χ4n) is 2.10. The van der Waals surface area contributed by atoms with E-state index in [-0.39, 0.29) is 0 Å². The highest BCUT2D eigenvalue weighted by atomic mass is 16.5. The van der Waals surface area contributed by atoms with E-state index >= 15 is 0 Å². The van der Waals surface area contributed by atoms with Crippen molar-refractivity contribution in [3.05, 3.63) is 35.9 Å². The third-order valence-electron chi connectivity index (χ3n) is 3.42. The smallest absolute Gasteiger partial charge is 0.229 e. The number of nitrogen functional groups attached to an aromatic ring is 1. The number of nitrogens with two attached hydrogens (primary N) is 1. The van der Waals surface area contributed by atoms with Crippen LogP contribution in [0.3, 0.4) is 0 Å². The van der Waals surface area contributed by atoms with Gasteiger partial charge in [-0.3, -0.25) is 0 Å². The van der Waals surface area contributed by atoms with E-state index in [4.69, 9.17) is 10.6 Å². The van der Waals surface area contributed by atoms with Gasteiger partial charge in [-0.15, -0.1) is 0 Å². The van der Waals surface area contributed by atoms with E-state index in [2.05, 4.69) is 34.6 Å². The van der Waals surface area contributed by atoms with Crippen molar-refractivity contribution in [2.75, 3.05) is 42.4 Å². The van der Waals surface area contributed by atoms with Gasteiger partial charge in [-0.25, -0.2) is 5.84 Å². The first-order valence-corrected chi connectivity index (χ1v) is 7.59. The van der Waals surface area contributed by atoms with Gasteiger partial charge in [0.15, 0.2) is 0 Å². The molecule has 1 heterocycles. The third kappa shape index (κ3) is 4.80. The molecule has 0 aliphatic rings. The SMILES string of the molecule is CCN(CCOC)c1nc(NN)cc(Nc2ccc(C)cc2)n1. The molecular formula is C16H24N6O. The summed E-state index contributed by atoms with van der Waals surface area (Å²) in [5.74, 6) is 7.38. The van der Waals surface area contributed by atoms with Crippen molar-refractivity contribution >= 4 is 23.3 Å². The molecule has 2 aromatic rings. The Kier molecular flexibility index (Phi) is 6.13. The average molecular weight is 316 g/mol. The number of benzene rings is 1. The summed E-state index contributed by atoms with van der Waals surface area (Å²) in [7, 11) is 1.68. The maximum Gasteiger partial charge on any atom is 0.229 e. The lowest BCUT2D eigenvalue weighted by Crippen LogP contribution is -2.29. The summed E-state index contributed by atoms with van der Waals surface area (Å²) in [6.45, 7) is 6.21. The van der Waals surface area contributed by atoms with E-state index in [1.807, 2.05) is 29.2 Å². The Labute approximate surface area is 136 Å². The van der Waals surface area contributed by atoms with Gasteiger partial charge in [0.05, 0.1) is 6.61 Å². The number of methoxy groups -OCH3 is 1. The summed E-state index contributed by atoms with van der Waals surface area (Å²) in [5.41, 5.74) is 4.76. The van der Waals surface area contributed by atoms with Gasteiger partial charge >= 0.3 is 0 Å². The highest BCUT2D eigenvalue weighted by Gasteiger charge is 2.11. The third-order valence-corrected chi connectivity index (χ3v) is 3.42. The number of likely N-dealkylation sites (N-methyl/N-ethyl adjacent to an activating group) is 1. The molecule has 0 saturated carbocycles. The van der Waals surface area contributed by atoms with Crippen molar-refractivity contribution in [1.29, 1.82) is 0 Å². The number of nitrogens with one attached hydrogen (secondary N) is 2. The van der Waals surface area contributed by atoms with Crippen LogP contribution < -0.4 is 21.5 Å². The minimum atomic E-state index is 0.556. The molecule has 1 aromatic carbocycles. The Morgan fingerprint density at radius 3 is 2.48 bits per heavy atom. The topological polar surface area (TPSA) is 88.3 Å². The van der Waals surface area contributed by atoms with Crippen molar-refractivity contribution in [2.24, 2.45) is 5.84 Å². The molecule has 1 aromatic heterocycles. The zero-order chi connectivity index (χ0) is 16.7. The van der Waals surface area contributed by atoms with Crippen LogP contribution in [0.1, 0.15) is 12.5 Å². The maximum absolute atomic E-state index is 5.53. The Bertz CT molecular complexity index is 616. The van der Waals surface area contributed by atoms with Crippen molar-refractivity contribution in [3.8, 4) is 0 Å². The average Bonchev–Trinajstić information content (AvgIpc) is 2.57. The number of hydrogen-bond donors (Lipinski definition) is 3. The molecule has 0 aliphatic heterocycles. The van der Waals surface area contributed by atoms with Crippen LogP contribution in [0.4, 0.5) is 23.3 Å². The van der Waals surface area contributed by atoms with Crippen molar-refractivity contribution in [2.45, 2.75) is 13.8 Å². The Hall–Kier alpha value is -2.38. The van der Waals surface area contributed by atoms with Crippen LogP contribution in [-0.2, 0) is 4.74 Å². The molecule has 7 nitrogen and oxygen atoms in total. The molecule has 124 valence electrons. The van der Waals surface area contributed by atoms with Crippen LogP contribution in [0.2, 0.25) is 0 Å². The van der Waals surface area contributed by atoms with Crippen LogP contribution >= 0.6 is 0 Å². The Morgan fingerprint density at radius 2 is 1.87 bits per heavy atom.